The molecule has 106 valence electrons. The summed E-state index contributed by atoms with van der Waals surface area (Å²) >= 11 is 0. The van der Waals surface area contributed by atoms with Gasteiger partial charge in [0.05, 0.1) is 18.4 Å². The fourth-order valence-corrected chi connectivity index (χ4v) is 1.58. The van der Waals surface area contributed by atoms with Crippen molar-refractivity contribution in [1.82, 2.24) is 5.32 Å². The maximum absolute atomic E-state index is 11.0. The van der Waals surface area contributed by atoms with Crippen molar-refractivity contribution < 1.29 is 19.7 Å². The van der Waals surface area contributed by atoms with E-state index in [4.69, 9.17) is 4.74 Å². The number of carbonyl (C=O) groups excluding carboxylic acids is 1. The molecule has 0 radical (unpaired) electrons. The number of carbonyl (C=O) groups is 1. The molecule has 1 atom stereocenters. The lowest BCUT2D eigenvalue weighted by Crippen LogP contribution is -2.25. The van der Waals surface area contributed by atoms with E-state index in [0.29, 0.717) is 30.9 Å². The van der Waals surface area contributed by atoms with E-state index in [0.717, 1.165) is 0 Å². The van der Waals surface area contributed by atoms with Crippen molar-refractivity contribution in [2.45, 2.75) is 13.0 Å². The smallest absolute Gasteiger partial charge is 0.221 e. The summed E-state index contributed by atoms with van der Waals surface area (Å²) < 4.78 is 4.88. The van der Waals surface area contributed by atoms with Gasteiger partial charge in [-0.3, -0.25) is 4.79 Å². The summed E-state index contributed by atoms with van der Waals surface area (Å²) in [5, 5.41) is 25.1. The van der Waals surface area contributed by atoms with Crippen molar-refractivity contribution in [3.05, 3.63) is 23.8 Å². The third-order valence-corrected chi connectivity index (χ3v) is 2.54. The number of nitrogens with one attached hydrogen (secondary N) is 2. The lowest BCUT2D eigenvalue weighted by molar-refractivity contribution is -0.114. The van der Waals surface area contributed by atoms with Crippen LogP contribution in [-0.4, -0.2) is 42.9 Å². The molecule has 0 saturated heterocycles. The van der Waals surface area contributed by atoms with E-state index < -0.39 is 6.10 Å². The highest BCUT2D eigenvalue weighted by Gasteiger charge is 2.10. The lowest BCUT2D eigenvalue weighted by Gasteiger charge is -2.14. The van der Waals surface area contributed by atoms with E-state index in [2.05, 4.69) is 10.6 Å². The summed E-state index contributed by atoms with van der Waals surface area (Å²) in [6.45, 7) is 2.94. The Bertz CT molecular complexity index is 423. The zero-order chi connectivity index (χ0) is 14.3. The van der Waals surface area contributed by atoms with E-state index in [1.807, 2.05) is 0 Å². The van der Waals surface area contributed by atoms with Crippen molar-refractivity contribution in [3.63, 3.8) is 0 Å². The standard InChI is InChI=1S/C13H20N2O4/c1-9(16)15-11-7-10(3-4-12(11)17)13(18)8-14-5-6-19-2/h3-4,7,13-14,17-18H,5-6,8H2,1-2H3,(H,15,16)/t13-/m0/s1. The van der Waals surface area contributed by atoms with Gasteiger partial charge in [0.1, 0.15) is 5.75 Å². The molecule has 0 aliphatic carbocycles. The first-order chi connectivity index (χ1) is 9.04. The van der Waals surface area contributed by atoms with Crippen molar-refractivity contribution in [1.29, 1.82) is 0 Å². The zero-order valence-electron chi connectivity index (χ0n) is 11.1. The summed E-state index contributed by atoms with van der Waals surface area (Å²) in [4.78, 5) is 11.0. The molecular weight excluding hydrogens is 248 g/mol. The maximum atomic E-state index is 11.0. The Kier molecular flexibility index (Phi) is 6.27. The van der Waals surface area contributed by atoms with Crippen LogP contribution < -0.4 is 10.6 Å². The Balaban J connectivity index is 2.64. The van der Waals surface area contributed by atoms with E-state index in [9.17, 15) is 15.0 Å². The molecular formula is C13H20N2O4. The number of phenolic OH excluding ortho intramolecular Hbond substituents is 1. The molecule has 0 bridgehead atoms. The third kappa shape index (κ3) is 5.25. The van der Waals surface area contributed by atoms with Gasteiger partial charge >= 0.3 is 0 Å². The molecule has 1 aromatic carbocycles. The van der Waals surface area contributed by atoms with Crippen LogP contribution in [0.25, 0.3) is 0 Å². The normalized spacial score (nSPS) is 12.2. The molecule has 0 aromatic heterocycles. The highest BCUT2D eigenvalue weighted by atomic mass is 16.5. The maximum Gasteiger partial charge on any atom is 0.221 e. The highest BCUT2D eigenvalue weighted by Crippen LogP contribution is 2.26. The number of amides is 1. The molecule has 0 aliphatic heterocycles. The molecule has 6 nitrogen and oxygen atoms in total. The largest absolute Gasteiger partial charge is 0.506 e. The first-order valence-electron chi connectivity index (χ1n) is 6.02. The SMILES string of the molecule is COCCNC[C@H](O)c1ccc(O)c(NC(C)=O)c1. The molecule has 19 heavy (non-hydrogen) atoms. The van der Waals surface area contributed by atoms with E-state index in [1.54, 1.807) is 19.2 Å². The zero-order valence-corrected chi connectivity index (χ0v) is 11.1. The Morgan fingerprint density at radius 2 is 2.21 bits per heavy atom. The van der Waals surface area contributed by atoms with Gasteiger partial charge in [0, 0.05) is 27.1 Å². The monoisotopic (exact) mass is 268 g/mol. The van der Waals surface area contributed by atoms with Crippen LogP contribution in [0.2, 0.25) is 0 Å². The molecule has 0 spiro atoms. The van der Waals surface area contributed by atoms with Gasteiger partial charge in [-0.1, -0.05) is 6.07 Å². The van der Waals surface area contributed by atoms with Gasteiger partial charge in [0.2, 0.25) is 5.91 Å². The first-order valence-corrected chi connectivity index (χ1v) is 6.02. The second-order valence-corrected chi connectivity index (χ2v) is 4.17. The van der Waals surface area contributed by atoms with Crippen LogP contribution >= 0.6 is 0 Å². The van der Waals surface area contributed by atoms with Crippen molar-refractivity contribution in [2.75, 3.05) is 32.1 Å². The fourth-order valence-electron chi connectivity index (χ4n) is 1.58. The van der Waals surface area contributed by atoms with Crippen molar-refractivity contribution >= 4 is 11.6 Å². The fraction of sp³-hybridized carbons (Fsp3) is 0.462. The van der Waals surface area contributed by atoms with Gasteiger partial charge < -0.3 is 25.6 Å². The summed E-state index contributed by atoms with van der Waals surface area (Å²) in [6.07, 6.45) is -0.718. The van der Waals surface area contributed by atoms with E-state index in [-0.39, 0.29) is 11.7 Å². The molecule has 0 aliphatic rings. The van der Waals surface area contributed by atoms with Gasteiger partial charge in [-0.2, -0.15) is 0 Å². The second kappa shape index (κ2) is 7.73. The average molecular weight is 268 g/mol. The summed E-state index contributed by atoms with van der Waals surface area (Å²) in [7, 11) is 1.61. The van der Waals surface area contributed by atoms with Gasteiger partial charge in [0.15, 0.2) is 0 Å². The molecule has 0 fully saturated rings. The minimum Gasteiger partial charge on any atom is -0.506 e. The summed E-state index contributed by atoms with van der Waals surface area (Å²) in [6, 6.07) is 4.61. The quantitative estimate of drug-likeness (QED) is 0.430. The van der Waals surface area contributed by atoms with Crippen LogP contribution in [0.4, 0.5) is 5.69 Å². The number of phenols is 1. The van der Waals surface area contributed by atoms with Gasteiger partial charge in [0.25, 0.3) is 0 Å². The predicted molar refractivity (Wildman–Crippen MR) is 72.1 cm³/mol. The number of hydrogen-bond acceptors (Lipinski definition) is 5. The second-order valence-electron chi connectivity index (χ2n) is 4.17. The van der Waals surface area contributed by atoms with Crippen LogP contribution in [0.15, 0.2) is 18.2 Å². The topological polar surface area (TPSA) is 90.8 Å². The van der Waals surface area contributed by atoms with Crippen LogP contribution in [0.5, 0.6) is 5.75 Å². The Labute approximate surface area is 112 Å². The molecule has 6 heteroatoms. The molecule has 1 rings (SSSR count). The van der Waals surface area contributed by atoms with Crippen molar-refractivity contribution in [3.8, 4) is 5.75 Å². The number of anilines is 1. The molecule has 0 unspecified atom stereocenters. The Morgan fingerprint density at radius 3 is 2.84 bits per heavy atom. The average Bonchev–Trinajstić information content (AvgIpc) is 2.36. The van der Waals surface area contributed by atoms with Gasteiger partial charge in [-0.05, 0) is 17.7 Å². The number of aromatic hydroxyl groups is 1. The molecule has 1 aromatic rings. The third-order valence-electron chi connectivity index (χ3n) is 2.54. The van der Waals surface area contributed by atoms with Crippen LogP contribution in [0.1, 0.15) is 18.6 Å². The molecule has 4 N–H and O–H groups in total. The summed E-state index contributed by atoms with van der Waals surface area (Å²) in [5.74, 6) is -0.307. The number of methoxy groups -OCH3 is 1. The molecule has 0 heterocycles. The van der Waals surface area contributed by atoms with Gasteiger partial charge in [-0.15, -0.1) is 0 Å². The number of rotatable bonds is 7. The number of benzene rings is 1. The van der Waals surface area contributed by atoms with Crippen LogP contribution in [-0.2, 0) is 9.53 Å². The Morgan fingerprint density at radius 1 is 1.47 bits per heavy atom. The highest BCUT2D eigenvalue weighted by molar-refractivity contribution is 5.90. The number of aliphatic hydroxyl groups excluding tert-OH is 1. The Hall–Kier alpha value is -1.63. The van der Waals surface area contributed by atoms with E-state index >= 15 is 0 Å². The minimum atomic E-state index is -0.718. The number of aliphatic hydroxyl groups is 1. The number of hydrogen-bond donors (Lipinski definition) is 4. The predicted octanol–water partition coefficient (Wildman–Crippen LogP) is 0.620. The van der Waals surface area contributed by atoms with E-state index in [1.165, 1.54) is 13.0 Å². The van der Waals surface area contributed by atoms with Crippen LogP contribution in [0.3, 0.4) is 0 Å². The molecule has 0 saturated carbocycles. The lowest BCUT2D eigenvalue weighted by atomic mass is 10.1. The van der Waals surface area contributed by atoms with Gasteiger partial charge in [-0.25, -0.2) is 0 Å². The number of ether oxygens (including phenoxy) is 1. The van der Waals surface area contributed by atoms with Crippen LogP contribution in [0, 0.1) is 0 Å². The minimum absolute atomic E-state index is 0.0292. The summed E-state index contributed by atoms with van der Waals surface area (Å²) in [5.41, 5.74) is 0.910. The first kappa shape index (κ1) is 15.4. The molecule has 1 amide bonds. The van der Waals surface area contributed by atoms with Crippen molar-refractivity contribution in [2.24, 2.45) is 0 Å².